The SMILES string of the molecule is C=C/C=C(\C=C/N)CNc1ccc2[nH]nc3c2c1C(=O)c1ccccc1-3. The Morgan fingerprint density at radius 1 is 1.23 bits per heavy atom. The number of carbonyl (C=O) groups is 1. The van der Waals surface area contributed by atoms with Gasteiger partial charge in [0.1, 0.15) is 5.69 Å². The van der Waals surface area contributed by atoms with Gasteiger partial charge in [0.05, 0.1) is 11.1 Å². The van der Waals surface area contributed by atoms with Gasteiger partial charge in [0, 0.05) is 28.7 Å². The second-order valence-electron chi connectivity index (χ2n) is 6.05. The molecule has 1 aromatic heterocycles. The van der Waals surface area contributed by atoms with Crippen molar-refractivity contribution in [3.8, 4) is 11.3 Å². The maximum absolute atomic E-state index is 13.2. The van der Waals surface area contributed by atoms with Gasteiger partial charge in [0.15, 0.2) is 5.78 Å². The Labute approximate surface area is 150 Å². The molecule has 5 heteroatoms. The number of nitrogens with zero attached hydrogens (tertiary/aromatic N) is 1. The third-order valence-corrected chi connectivity index (χ3v) is 4.51. The number of nitrogens with two attached hydrogens (primary N) is 1. The van der Waals surface area contributed by atoms with E-state index in [1.165, 1.54) is 6.20 Å². The van der Waals surface area contributed by atoms with Crippen LogP contribution in [0.3, 0.4) is 0 Å². The summed E-state index contributed by atoms with van der Waals surface area (Å²) in [6.07, 6.45) is 6.87. The van der Waals surface area contributed by atoms with Crippen molar-refractivity contribution in [1.29, 1.82) is 0 Å². The van der Waals surface area contributed by atoms with E-state index in [1.807, 2.05) is 42.5 Å². The van der Waals surface area contributed by atoms with Gasteiger partial charge < -0.3 is 11.1 Å². The molecule has 2 aromatic carbocycles. The zero-order valence-corrected chi connectivity index (χ0v) is 14.1. The third kappa shape index (κ3) is 2.41. The Balaban J connectivity index is 1.83. The summed E-state index contributed by atoms with van der Waals surface area (Å²) in [7, 11) is 0. The minimum Gasteiger partial charge on any atom is -0.405 e. The normalized spacial score (nSPS) is 13.2. The first kappa shape index (κ1) is 15.9. The molecule has 0 saturated carbocycles. The Hall–Kier alpha value is -3.60. The molecule has 1 aliphatic carbocycles. The summed E-state index contributed by atoms with van der Waals surface area (Å²) in [5.41, 5.74) is 11.1. The summed E-state index contributed by atoms with van der Waals surface area (Å²) in [5, 5.41) is 11.7. The zero-order chi connectivity index (χ0) is 18.1. The highest BCUT2D eigenvalue weighted by molar-refractivity contribution is 6.27. The maximum Gasteiger partial charge on any atom is 0.196 e. The summed E-state index contributed by atoms with van der Waals surface area (Å²) < 4.78 is 0. The van der Waals surface area contributed by atoms with Crippen molar-refractivity contribution < 1.29 is 4.79 Å². The predicted octanol–water partition coefficient (Wildman–Crippen LogP) is 3.77. The molecule has 128 valence electrons. The molecule has 5 nitrogen and oxygen atoms in total. The van der Waals surface area contributed by atoms with Crippen molar-refractivity contribution in [3.05, 3.63) is 84.1 Å². The van der Waals surface area contributed by atoms with Crippen LogP contribution in [0.5, 0.6) is 0 Å². The number of H-pyrrole nitrogens is 1. The van der Waals surface area contributed by atoms with Gasteiger partial charge in [0.2, 0.25) is 0 Å². The van der Waals surface area contributed by atoms with E-state index in [9.17, 15) is 4.79 Å². The average molecular weight is 342 g/mol. The molecule has 0 saturated heterocycles. The van der Waals surface area contributed by atoms with Crippen molar-refractivity contribution in [3.63, 3.8) is 0 Å². The fourth-order valence-corrected chi connectivity index (χ4v) is 3.36. The minimum atomic E-state index is 0.00576. The molecular formula is C21H18N4O. The highest BCUT2D eigenvalue weighted by Gasteiger charge is 2.29. The number of rotatable bonds is 5. The molecule has 0 bridgehead atoms. The van der Waals surface area contributed by atoms with E-state index < -0.39 is 0 Å². The van der Waals surface area contributed by atoms with Crippen molar-refractivity contribution >= 4 is 22.4 Å². The highest BCUT2D eigenvalue weighted by Crippen LogP contribution is 2.40. The van der Waals surface area contributed by atoms with Crippen LogP contribution in [-0.2, 0) is 0 Å². The molecule has 3 aromatic rings. The zero-order valence-electron chi connectivity index (χ0n) is 14.1. The number of anilines is 1. The smallest absolute Gasteiger partial charge is 0.196 e. The van der Waals surface area contributed by atoms with Gasteiger partial charge in [0.25, 0.3) is 0 Å². The molecule has 1 heterocycles. The molecular weight excluding hydrogens is 324 g/mol. The van der Waals surface area contributed by atoms with Gasteiger partial charge in [-0.15, -0.1) is 0 Å². The molecule has 0 amide bonds. The molecule has 0 unspecified atom stereocenters. The Bertz CT molecular complexity index is 1090. The second kappa shape index (κ2) is 6.37. The van der Waals surface area contributed by atoms with Crippen LogP contribution >= 0.6 is 0 Å². The average Bonchev–Trinajstić information content (AvgIpc) is 3.09. The van der Waals surface area contributed by atoms with Crippen LogP contribution in [0.25, 0.3) is 22.2 Å². The number of fused-ring (bicyclic) bond motifs is 2. The number of nitrogens with one attached hydrogen (secondary N) is 2. The first-order chi connectivity index (χ1) is 12.7. The first-order valence-corrected chi connectivity index (χ1v) is 8.33. The van der Waals surface area contributed by atoms with Crippen molar-refractivity contribution in [2.24, 2.45) is 5.73 Å². The van der Waals surface area contributed by atoms with Crippen LogP contribution in [-0.4, -0.2) is 22.5 Å². The predicted molar refractivity (Wildman–Crippen MR) is 105 cm³/mol. The number of carbonyl (C=O) groups excluding carboxylic acids is 1. The van der Waals surface area contributed by atoms with E-state index in [0.717, 1.165) is 33.4 Å². The fraction of sp³-hybridized carbons (Fsp3) is 0.0476. The number of hydrogen-bond donors (Lipinski definition) is 3. The lowest BCUT2D eigenvalue weighted by Gasteiger charge is -2.18. The Kier molecular flexibility index (Phi) is 3.89. The van der Waals surface area contributed by atoms with Crippen LogP contribution in [0.4, 0.5) is 5.69 Å². The second-order valence-corrected chi connectivity index (χ2v) is 6.05. The lowest BCUT2D eigenvalue weighted by atomic mass is 9.86. The number of aromatic nitrogens is 2. The number of hydrogen-bond acceptors (Lipinski definition) is 4. The lowest BCUT2D eigenvalue weighted by molar-refractivity contribution is 0.104. The van der Waals surface area contributed by atoms with Gasteiger partial charge in [-0.25, -0.2) is 0 Å². The van der Waals surface area contributed by atoms with Gasteiger partial charge in [-0.05, 0) is 30.0 Å². The van der Waals surface area contributed by atoms with E-state index in [0.29, 0.717) is 17.7 Å². The van der Waals surface area contributed by atoms with E-state index >= 15 is 0 Å². The number of ketones is 1. The quantitative estimate of drug-likeness (QED) is 0.482. The number of allylic oxidation sites excluding steroid dienone is 2. The molecule has 0 aliphatic heterocycles. The monoisotopic (exact) mass is 342 g/mol. The van der Waals surface area contributed by atoms with Crippen LogP contribution in [0.2, 0.25) is 0 Å². The summed E-state index contributed by atoms with van der Waals surface area (Å²) in [5.74, 6) is 0.00576. The lowest BCUT2D eigenvalue weighted by Crippen LogP contribution is -2.14. The van der Waals surface area contributed by atoms with E-state index in [1.54, 1.807) is 12.2 Å². The van der Waals surface area contributed by atoms with Crippen LogP contribution in [0.15, 0.2) is 73.0 Å². The number of aromatic amines is 1. The molecule has 0 atom stereocenters. The molecule has 0 fully saturated rings. The summed E-state index contributed by atoms with van der Waals surface area (Å²) in [6, 6.07) is 11.4. The van der Waals surface area contributed by atoms with Crippen LogP contribution in [0.1, 0.15) is 15.9 Å². The van der Waals surface area contributed by atoms with Gasteiger partial charge in [-0.3, -0.25) is 9.89 Å². The van der Waals surface area contributed by atoms with Crippen molar-refractivity contribution in [2.45, 2.75) is 0 Å². The molecule has 4 N–H and O–H groups in total. The fourth-order valence-electron chi connectivity index (χ4n) is 3.36. The van der Waals surface area contributed by atoms with Gasteiger partial charge in [-0.2, -0.15) is 5.10 Å². The molecule has 26 heavy (non-hydrogen) atoms. The van der Waals surface area contributed by atoms with Crippen LogP contribution < -0.4 is 11.1 Å². The topological polar surface area (TPSA) is 83.8 Å². The molecule has 0 spiro atoms. The van der Waals surface area contributed by atoms with Crippen LogP contribution in [0, 0.1) is 0 Å². The number of benzene rings is 2. The molecule has 4 rings (SSSR count). The standard InChI is InChI=1S/C21H18N4O/c1-2-5-13(10-11-22)12-23-16-8-9-17-18-19(16)21(26)15-7-4-3-6-14(15)20(18)25-24-17/h2-11,23H,1,12,22H2,(H,24,25)/b11-10-,13-5+. The molecule has 0 radical (unpaired) electrons. The van der Waals surface area contributed by atoms with Crippen molar-refractivity contribution in [2.75, 3.05) is 11.9 Å². The highest BCUT2D eigenvalue weighted by atomic mass is 16.1. The Morgan fingerprint density at radius 3 is 2.81 bits per heavy atom. The summed E-state index contributed by atoms with van der Waals surface area (Å²) >= 11 is 0. The van der Waals surface area contributed by atoms with Gasteiger partial charge in [-0.1, -0.05) is 43.0 Å². The Morgan fingerprint density at radius 2 is 2.04 bits per heavy atom. The minimum absolute atomic E-state index is 0.00576. The third-order valence-electron chi connectivity index (χ3n) is 4.51. The van der Waals surface area contributed by atoms with Gasteiger partial charge >= 0.3 is 0 Å². The largest absolute Gasteiger partial charge is 0.405 e. The first-order valence-electron chi connectivity index (χ1n) is 8.33. The van der Waals surface area contributed by atoms with E-state index in [2.05, 4.69) is 22.1 Å². The van der Waals surface area contributed by atoms with E-state index in [-0.39, 0.29) is 5.78 Å². The molecule has 1 aliphatic rings. The van der Waals surface area contributed by atoms with E-state index in [4.69, 9.17) is 5.73 Å². The maximum atomic E-state index is 13.2. The summed E-state index contributed by atoms with van der Waals surface area (Å²) in [4.78, 5) is 13.2. The van der Waals surface area contributed by atoms with Crippen molar-refractivity contribution in [1.82, 2.24) is 10.2 Å². The summed E-state index contributed by atoms with van der Waals surface area (Å²) in [6.45, 7) is 4.25.